The van der Waals surface area contributed by atoms with E-state index in [1.54, 1.807) is 12.4 Å². The molecule has 110 valence electrons. The Hall–Kier alpha value is -1.82. The van der Waals surface area contributed by atoms with Gasteiger partial charge in [0.15, 0.2) is 5.96 Å². The molecule has 2 heterocycles. The minimum absolute atomic E-state index is 0.658. The van der Waals surface area contributed by atoms with Gasteiger partial charge in [0.05, 0.1) is 6.20 Å². The molecule has 1 aliphatic heterocycles. The maximum absolute atomic E-state index is 5.78. The minimum atomic E-state index is 0.658. The van der Waals surface area contributed by atoms with E-state index in [0.717, 1.165) is 43.3 Å². The van der Waals surface area contributed by atoms with Gasteiger partial charge in [0.25, 0.3) is 0 Å². The summed E-state index contributed by atoms with van der Waals surface area (Å²) in [4.78, 5) is 10.6. The topological polar surface area (TPSA) is 61.8 Å². The van der Waals surface area contributed by atoms with Crippen LogP contribution in [-0.4, -0.2) is 56.2 Å². The molecule has 6 heteroatoms. The molecule has 0 fully saturated rings. The van der Waals surface area contributed by atoms with Gasteiger partial charge in [-0.1, -0.05) is 0 Å². The lowest BCUT2D eigenvalue weighted by atomic mass is 10.2. The highest BCUT2D eigenvalue weighted by Gasteiger charge is 2.07. The Bertz CT molecular complexity index is 447. The van der Waals surface area contributed by atoms with Crippen molar-refractivity contribution in [1.29, 1.82) is 0 Å². The summed E-state index contributed by atoms with van der Waals surface area (Å²) in [6, 6.07) is 1.97. The van der Waals surface area contributed by atoms with E-state index in [1.807, 2.05) is 20.2 Å². The molecule has 1 aromatic heterocycles. The lowest BCUT2D eigenvalue weighted by Gasteiger charge is -2.17. The molecule has 0 radical (unpaired) electrons. The first-order valence-corrected chi connectivity index (χ1v) is 6.98. The van der Waals surface area contributed by atoms with Crippen LogP contribution in [-0.2, 0) is 6.54 Å². The van der Waals surface area contributed by atoms with Gasteiger partial charge >= 0.3 is 0 Å². The number of guanidine groups is 1. The third-order valence-electron chi connectivity index (χ3n) is 3.01. The normalized spacial score (nSPS) is 14.7. The molecule has 0 aromatic carbocycles. The Morgan fingerprint density at radius 1 is 1.45 bits per heavy atom. The van der Waals surface area contributed by atoms with Crippen LogP contribution in [0, 0.1) is 0 Å². The van der Waals surface area contributed by atoms with Crippen LogP contribution in [0.25, 0.3) is 0 Å². The third-order valence-corrected chi connectivity index (χ3v) is 3.01. The van der Waals surface area contributed by atoms with Crippen molar-refractivity contribution in [3.05, 3.63) is 24.0 Å². The van der Waals surface area contributed by atoms with E-state index in [-0.39, 0.29) is 0 Å². The van der Waals surface area contributed by atoms with E-state index < -0.39 is 0 Å². The second kappa shape index (κ2) is 7.69. The predicted molar refractivity (Wildman–Crippen MR) is 80.0 cm³/mol. The van der Waals surface area contributed by atoms with Crippen molar-refractivity contribution in [2.24, 2.45) is 4.99 Å². The van der Waals surface area contributed by atoms with Gasteiger partial charge in [-0.25, -0.2) is 0 Å². The van der Waals surface area contributed by atoms with Crippen LogP contribution >= 0.6 is 0 Å². The SMILES string of the molecule is CN(C)CCOc1cnccc1CNC1=NCCCN1. The monoisotopic (exact) mass is 277 g/mol. The molecule has 2 rings (SSSR count). The number of nitrogens with zero attached hydrogens (tertiary/aromatic N) is 3. The Kier molecular flexibility index (Phi) is 5.61. The zero-order valence-corrected chi connectivity index (χ0v) is 12.2. The fourth-order valence-corrected chi connectivity index (χ4v) is 1.85. The highest BCUT2D eigenvalue weighted by molar-refractivity contribution is 5.80. The van der Waals surface area contributed by atoms with Crippen molar-refractivity contribution in [1.82, 2.24) is 20.5 Å². The predicted octanol–water partition coefficient (Wildman–Crippen LogP) is 0.461. The summed E-state index contributed by atoms with van der Waals surface area (Å²) in [5.41, 5.74) is 1.09. The number of hydrogen-bond acceptors (Lipinski definition) is 6. The Morgan fingerprint density at radius 3 is 3.10 bits per heavy atom. The zero-order valence-electron chi connectivity index (χ0n) is 12.2. The van der Waals surface area contributed by atoms with Gasteiger partial charge in [-0.15, -0.1) is 0 Å². The quantitative estimate of drug-likeness (QED) is 0.791. The second-order valence-corrected chi connectivity index (χ2v) is 5.00. The summed E-state index contributed by atoms with van der Waals surface area (Å²) in [5, 5.41) is 6.54. The van der Waals surface area contributed by atoms with Crippen molar-refractivity contribution < 1.29 is 4.74 Å². The lowest BCUT2D eigenvalue weighted by Crippen LogP contribution is -2.40. The number of likely N-dealkylation sites (N-methyl/N-ethyl adjacent to an activating group) is 1. The van der Waals surface area contributed by atoms with Crippen LogP contribution in [0.4, 0.5) is 0 Å². The molecule has 0 unspecified atom stereocenters. The molecule has 0 saturated heterocycles. The van der Waals surface area contributed by atoms with E-state index in [1.165, 1.54) is 0 Å². The molecule has 20 heavy (non-hydrogen) atoms. The molecule has 0 atom stereocenters. The molecule has 1 aromatic rings. The molecule has 0 spiro atoms. The Morgan fingerprint density at radius 2 is 2.35 bits per heavy atom. The smallest absolute Gasteiger partial charge is 0.191 e. The van der Waals surface area contributed by atoms with Gasteiger partial charge in [0, 0.05) is 37.9 Å². The van der Waals surface area contributed by atoms with Gasteiger partial charge in [0.1, 0.15) is 12.4 Å². The van der Waals surface area contributed by atoms with Gasteiger partial charge in [-0.05, 0) is 26.6 Å². The molecule has 2 N–H and O–H groups in total. The van der Waals surface area contributed by atoms with Crippen LogP contribution in [0.1, 0.15) is 12.0 Å². The van der Waals surface area contributed by atoms with E-state index in [4.69, 9.17) is 4.74 Å². The maximum atomic E-state index is 5.78. The molecule has 0 bridgehead atoms. The van der Waals surface area contributed by atoms with Gasteiger partial charge < -0.3 is 20.3 Å². The summed E-state index contributed by atoms with van der Waals surface area (Å²) < 4.78 is 5.78. The average Bonchev–Trinajstić information content (AvgIpc) is 2.47. The first kappa shape index (κ1) is 14.6. The van der Waals surface area contributed by atoms with Crippen LogP contribution < -0.4 is 15.4 Å². The molecule has 0 saturated carbocycles. The molecular weight excluding hydrogens is 254 g/mol. The molecule has 0 amide bonds. The number of aliphatic imine (C=N–C) groups is 1. The Balaban J connectivity index is 1.88. The zero-order chi connectivity index (χ0) is 14.2. The van der Waals surface area contributed by atoms with Crippen LogP contribution in [0.15, 0.2) is 23.5 Å². The van der Waals surface area contributed by atoms with Crippen LogP contribution in [0.3, 0.4) is 0 Å². The van der Waals surface area contributed by atoms with Crippen molar-refractivity contribution in [3.8, 4) is 5.75 Å². The number of pyridine rings is 1. The Labute approximate surface area is 120 Å². The number of nitrogens with one attached hydrogen (secondary N) is 2. The second-order valence-electron chi connectivity index (χ2n) is 5.00. The minimum Gasteiger partial charge on any atom is -0.490 e. The van der Waals surface area contributed by atoms with Crippen LogP contribution in [0.2, 0.25) is 0 Å². The first-order valence-electron chi connectivity index (χ1n) is 6.98. The maximum Gasteiger partial charge on any atom is 0.191 e. The fourth-order valence-electron chi connectivity index (χ4n) is 1.85. The van der Waals surface area contributed by atoms with Gasteiger partial charge in [0.2, 0.25) is 0 Å². The average molecular weight is 277 g/mol. The molecule has 6 nitrogen and oxygen atoms in total. The van der Waals surface area contributed by atoms with Gasteiger partial charge in [-0.2, -0.15) is 0 Å². The third kappa shape index (κ3) is 4.70. The number of aromatic nitrogens is 1. The van der Waals surface area contributed by atoms with E-state index in [0.29, 0.717) is 13.2 Å². The van der Waals surface area contributed by atoms with Gasteiger partial charge in [-0.3, -0.25) is 9.98 Å². The highest BCUT2D eigenvalue weighted by atomic mass is 16.5. The summed E-state index contributed by atoms with van der Waals surface area (Å²) in [7, 11) is 4.06. The number of rotatable bonds is 6. The molecule has 0 aliphatic carbocycles. The van der Waals surface area contributed by atoms with Crippen molar-refractivity contribution in [3.63, 3.8) is 0 Å². The highest BCUT2D eigenvalue weighted by Crippen LogP contribution is 2.16. The van der Waals surface area contributed by atoms with Crippen molar-refractivity contribution in [2.45, 2.75) is 13.0 Å². The van der Waals surface area contributed by atoms with Crippen LogP contribution in [0.5, 0.6) is 5.75 Å². The number of ether oxygens (including phenoxy) is 1. The lowest BCUT2D eigenvalue weighted by molar-refractivity contribution is 0.258. The number of hydrogen-bond donors (Lipinski definition) is 2. The van der Waals surface area contributed by atoms with E-state index in [2.05, 4.69) is 25.5 Å². The fraction of sp³-hybridized carbons (Fsp3) is 0.571. The largest absolute Gasteiger partial charge is 0.490 e. The summed E-state index contributed by atoms with van der Waals surface area (Å²) >= 11 is 0. The van der Waals surface area contributed by atoms with E-state index >= 15 is 0 Å². The standard InChI is InChI=1S/C14H23N5O/c1-19(2)8-9-20-13-11-15-7-4-12(13)10-18-14-16-5-3-6-17-14/h4,7,11H,3,5-6,8-10H2,1-2H3,(H2,16,17,18). The summed E-state index contributed by atoms with van der Waals surface area (Å²) in [5.74, 6) is 1.70. The summed E-state index contributed by atoms with van der Waals surface area (Å²) in [6.45, 7) is 4.10. The molecule has 1 aliphatic rings. The van der Waals surface area contributed by atoms with E-state index in [9.17, 15) is 0 Å². The first-order chi connectivity index (χ1) is 9.75. The van der Waals surface area contributed by atoms with Crippen molar-refractivity contribution in [2.75, 3.05) is 40.3 Å². The molecular formula is C14H23N5O. The summed E-state index contributed by atoms with van der Waals surface area (Å²) in [6.07, 6.45) is 4.65. The van der Waals surface area contributed by atoms with Crippen molar-refractivity contribution >= 4 is 5.96 Å².